The molecule has 1 amide bonds. The lowest BCUT2D eigenvalue weighted by Crippen LogP contribution is -2.30. The maximum Gasteiger partial charge on any atom is 0.254 e. The van der Waals surface area contributed by atoms with Crippen molar-refractivity contribution in [3.05, 3.63) is 77.3 Å². The molecule has 3 rings (SSSR count). The first-order valence-corrected chi connectivity index (χ1v) is 8.04. The lowest BCUT2D eigenvalue weighted by molar-refractivity contribution is 0.0752. The minimum atomic E-state index is -0.0115. The van der Waals surface area contributed by atoms with Gasteiger partial charge in [0.05, 0.1) is 5.69 Å². The number of carbonyl (C=O) groups excluding carboxylic acids is 1. The van der Waals surface area contributed by atoms with E-state index in [1.807, 2.05) is 43.3 Å². The van der Waals surface area contributed by atoms with Crippen LogP contribution < -0.4 is 0 Å². The van der Waals surface area contributed by atoms with Crippen LogP contribution in [-0.4, -0.2) is 32.1 Å². The van der Waals surface area contributed by atoms with Crippen molar-refractivity contribution in [2.45, 2.75) is 13.5 Å². The zero-order valence-electron chi connectivity index (χ0n) is 13.3. The van der Waals surface area contributed by atoms with E-state index in [2.05, 4.69) is 10.1 Å². The number of carbonyl (C=O) groups is 1. The first kappa shape index (κ1) is 16.2. The molecular weight excluding hydrogens is 324 g/mol. The fourth-order valence-electron chi connectivity index (χ4n) is 2.46. The Labute approximate surface area is 145 Å². The van der Waals surface area contributed by atoms with Crippen LogP contribution >= 0.6 is 11.6 Å². The summed E-state index contributed by atoms with van der Waals surface area (Å²) in [5.74, 6) is -0.0115. The quantitative estimate of drug-likeness (QED) is 0.713. The van der Waals surface area contributed by atoms with Crippen molar-refractivity contribution >= 4 is 17.5 Å². The summed E-state index contributed by atoms with van der Waals surface area (Å²) >= 11 is 6.02. The average molecular weight is 341 g/mol. The molecule has 0 saturated carbocycles. The maximum absolute atomic E-state index is 12.7. The summed E-state index contributed by atoms with van der Waals surface area (Å²) in [6, 6.07) is 14.9. The Balaban J connectivity index is 1.76. The van der Waals surface area contributed by atoms with Gasteiger partial charge in [-0.25, -0.2) is 9.67 Å². The molecule has 1 aromatic heterocycles. The summed E-state index contributed by atoms with van der Waals surface area (Å²) in [6.07, 6.45) is 3.09. The van der Waals surface area contributed by atoms with Gasteiger partial charge in [-0.15, -0.1) is 0 Å². The monoisotopic (exact) mass is 340 g/mol. The van der Waals surface area contributed by atoms with Gasteiger partial charge < -0.3 is 4.90 Å². The smallest absolute Gasteiger partial charge is 0.254 e. The zero-order valence-corrected chi connectivity index (χ0v) is 14.0. The highest BCUT2D eigenvalue weighted by Crippen LogP contribution is 2.15. The predicted molar refractivity (Wildman–Crippen MR) is 93.2 cm³/mol. The molecule has 0 spiro atoms. The van der Waals surface area contributed by atoms with Crippen LogP contribution in [0.3, 0.4) is 0 Å². The number of aromatic nitrogens is 3. The number of hydrogen-bond acceptors (Lipinski definition) is 3. The van der Waals surface area contributed by atoms with Gasteiger partial charge in [0, 0.05) is 23.7 Å². The molecule has 24 heavy (non-hydrogen) atoms. The largest absolute Gasteiger partial charge is 0.335 e. The van der Waals surface area contributed by atoms with Crippen molar-refractivity contribution in [1.29, 1.82) is 0 Å². The van der Waals surface area contributed by atoms with Gasteiger partial charge >= 0.3 is 0 Å². The molecular formula is C18H17ClN4O. The third-order valence-electron chi connectivity index (χ3n) is 3.73. The predicted octanol–water partition coefficient (Wildman–Crippen LogP) is 3.58. The van der Waals surface area contributed by atoms with E-state index in [1.54, 1.807) is 28.0 Å². The van der Waals surface area contributed by atoms with Crippen molar-refractivity contribution in [2.75, 3.05) is 6.54 Å². The van der Waals surface area contributed by atoms with E-state index < -0.39 is 0 Å². The highest BCUT2D eigenvalue weighted by molar-refractivity contribution is 6.30. The number of rotatable bonds is 5. The third-order valence-corrected chi connectivity index (χ3v) is 3.96. The van der Waals surface area contributed by atoms with E-state index in [-0.39, 0.29) is 5.91 Å². The highest BCUT2D eigenvalue weighted by atomic mass is 35.5. The fourth-order valence-corrected chi connectivity index (χ4v) is 2.68. The van der Waals surface area contributed by atoms with Gasteiger partial charge in [0.15, 0.2) is 0 Å². The second kappa shape index (κ2) is 7.27. The lowest BCUT2D eigenvalue weighted by Gasteiger charge is -2.21. The van der Waals surface area contributed by atoms with Crippen LogP contribution in [0, 0.1) is 0 Å². The molecule has 5 nitrogen and oxygen atoms in total. The van der Waals surface area contributed by atoms with Gasteiger partial charge in [0.2, 0.25) is 0 Å². The Morgan fingerprint density at radius 3 is 2.62 bits per heavy atom. The first-order valence-electron chi connectivity index (χ1n) is 7.66. The molecule has 0 aliphatic heterocycles. The molecule has 0 radical (unpaired) electrons. The van der Waals surface area contributed by atoms with Crippen LogP contribution in [0.5, 0.6) is 0 Å². The van der Waals surface area contributed by atoms with Crippen LogP contribution in [0.2, 0.25) is 5.02 Å². The minimum absolute atomic E-state index is 0.0115. The molecule has 2 aromatic carbocycles. The molecule has 0 N–H and O–H groups in total. The van der Waals surface area contributed by atoms with E-state index in [0.29, 0.717) is 23.7 Å². The van der Waals surface area contributed by atoms with Gasteiger partial charge in [-0.3, -0.25) is 4.79 Å². The Hall–Kier alpha value is -2.66. The number of benzene rings is 2. The van der Waals surface area contributed by atoms with Gasteiger partial charge in [-0.05, 0) is 48.9 Å². The van der Waals surface area contributed by atoms with Gasteiger partial charge in [-0.2, -0.15) is 5.10 Å². The summed E-state index contributed by atoms with van der Waals surface area (Å²) in [5.41, 5.74) is 2.52. The van der Waals surface area contributed by atoms with E-state index in [4.69, 9.17) is 11.6 Å². The van der Waals surface area contributed by atoms with E-state index in [9.17, 15) is 4.79 Å². The van der Waals surface area contributed by atoms with Gasteiger partial charge in [0.1, 0.15) is 12.7 Å². The van der Waals surface area contributed by atoms with Crippen molar-refractivity contribution in [2.24, 2.45) is 0 Å². The molecule has 1 heterocycles. The average Bonchev–Trinajstić information content (AvgIpc) is 3.14. The normalized spacial score (nSPS) is 10.6. The molecule has 122 valence electrons. The number of nitrogens with zero attached hydrogens (tertiary/aromatic N) is 4. The summed E-state index contributed by atoms with van der Waals surface area (Å²) in [5, 5.41) is 4.75. The second-order valence-corrected chi connectivity index (χ2v) is 5.77. The Morgan fingerprint density at radius 1 is 1.21 bits per heavy atom. The molecule has 0 saturated heterocycles. The van der Waals surface area contributed by atoms with Crippen LogP contribution in [0.4, 0.5) is 0 Å². The summed E-state index contributed by atoms with van der Waals surface area (Å²) in [6.45, 7) is 3.11. The molecule has 3 aromatic rings. The molecule has 0 unspecified atom stereocenters. The van der Waals surface area contributed by atoms with Gasteiger partial charge in [0.25, 0.3) is 5.91 Å². The summed E-state index contributed by atoms with van der Waals surface area (Å²) in [4.78, 5) is 18.4. The fraction of sp³-hybridized carbons (Fsp3) is 0.167. The number of amides is 1. The molecule has 0 bridgehead atoms. The minimum Gasteiger partial charge on any atom is -0.335 e. The van der Waals surface area contributed by atoms with Crippen LogP contribution in [-0.2, 0) is 6.54 Å². The molecule has 6 heteroatoms. The van der Waals surface area contributed by atoms with Crippen molar-refractivity contribution in [3.8, 4) is 5.69 Å². The lowest BCUT2D eigenvalue weighted by atomic mass is 10.1. The molecule has 0 aliphatic carbocycles. The van der Waals surface area contributed by atoms with Crippen molar-refractivity contribution in [1.82, 2.24) is 19.7 Å². The van der Waals surface area contributed by atoms with Crippen LogP contribution in [0.1, 0.15) is 22.8 Å². The number of halogens is 1. The molecule has 0 atom stereocenters. The Bertz CT molecular complexity index is 815. The zero-order chi connectivity index (χ0) is 16.9. The van der Waals surface area contributed by atoms with Gasteiger partial charge in [-0.1, -0.05) is 23.7 Å². The Morgan fingerprint density at radius 2 is 2.00 bits per heavy atom. The van der Waals surface area contributed by atoms with Crippen LogP contribution in [0.15, 0.2) is 61.2 Å². The number of hydrogen-bond donors (Lipinski definition) is 0. The maximum atomic E-state index is 12.7. The second-order valence-electron chi connectivity index (χ2n) is 5.34. The first-order chi connectivity index (χ1) is 11.7. The van der Waals surface area contributed by atoms with Crippen LogP contribution in [0.25, 0.3) is 5.69 Å². The topological polar surface area (TPSA) is 51.0 Å². The Kier molecular flexibility index (Phi) is 4.91. The van der Waals surface area contributed by atoms with E-state index in [1.165, 1.54) is 6.33 Å². The molecule has 0 aliphatic rings. The molecule has 0 fully saturated rings. The SMILES string of the molecule is CCN(Cc1cccc(Cl)c1)C(=O)c1ccc(-n2cncn2)cc1. The van der Waals surface area contributed by atoms with E-state index in [0.717, 1.165) is 11.3 Å². The van der Waals surface area contributed by atoms with Crippen molar-refractivity contribution < 1.29 is 4.79 Å². The summed E-state index contributed by atoms with van der Waals surface area (Å²) < 4.78 is 1.65. The van der Waals surface area contributed by atoms with Crippen molar-refractivity contribution in [3.63, 3.8) is 0 Å². The summed E-state index contributed by atoms with van der Waals surface area (Å²) in [7, 11) is 0. The van der Waals surface area contributed by atoms with E-state index >= 15 is 0 Å². The standard InChI is InChI=1S/C18H17ClN4O/c1-2-22(11-14-4-3-5-16(19)10-14)18(24)15-6-8-17(9-7-15)23-13-20-12-21-23/h3-10,12-13H,2,11H2,1H3. The third kappa shape index (κ3) is 3.63. The highest BCUT2D eigenvalue weighted by Gasteiger charge is 2.15.